The number of rotatable bonds is 3. The van der Waals surface area contributed by atoms with Crippen molar-refractivity contribution < 1.29 is 9.90 Å². The summed E-state index contributed by atoms with van der Waals surface area (Å²) < 4.78 is 0. The van der Waals surface area contributed by atoms with Crippen LogP contribution in [0.5, 0.6) is 0 Å². The summed E-state index contributed by atoms with van der Waals surface area (Å²) in [5, 5.41) is 9.45. The SMILES string of the molecule is C[C@H]1CC(=O)N([C@H](CO)c2ccccc2)C1. The predicted molar refractivity (Wildman–Crippen MR) is 61.8 cm³/mol. The molecule has 1 N–H and O–H groups in total. The standard InChI is InChI=1S/C13H17NO2/c1-10-7-13(16)14(8-10)12(9-15)11-5-3-2-4-6-11/h2-6,10,12,15H,7-9H2,1H3/t10-,12+/m0/s1. The van der Waals surface area contributed by atoms with Crippen LogP contribution in [-0.4, -0.2) is 29.1 Å². The smallest absolute Gasteiger partial charge is 0.223 e. The maximum absolute atomic E-state index is 11.8. The minimum atomic E-state index is -0.182. The minimum absolute atomic E-state index is 0.0114. The summed E-state index contributed by atoms with van der Waals surface area (Å²) >= 11 is 0. The zero-order valence-corrected chi connectivity index (χ0v) is 9.47. The Hall–Kier alpha value is -1.35. The molecule has 1 heterocycles. The van der Waals surface area contributed by atoms with Gasteiger partial charge in [0.15, 0.2) is 0 Å². The zero-order valence-electron chi connectivity index (χ0n) is 9.47. The van der Waals surface area contributed by atoms with Gasteiger partial charge in [-0.2, -0.15) is 0 Å². The number of likely N-dealkylation sites (tertiary alicyclic amines) is 1. The Morgan fingerprint density at radius 3 is 2.62 bits per heavy atom. The van der Waals surface area contributed by atoms with Crippen LogP contribution in [0.25, 0.3) is 0 Å². The summed E-state index contributed by atoms with van der Waals surface area (Å²) in [4.78, 5) is 13.6. The highest BCUT2D eigenvalue weighted by atomic mass is 16.3. The fourth-order valence-electron chi connectivity index (χ4n) is 2.28. The van der Waals surface area contributed by atoms with Crippen molar-refractivity contribution in [2.75, 3.05) is 13.2 Å². The van der Waals surface area contributed by atoms with Gasteiger partial charge in [-0.25, -0.2) is 0 Å². The van der Waals surface area contributed by atoms with Crippen molar-refractivity contribution in [1.82, 2.24) is 4.90 Å². The first kappa shape index (κ1) is 11.1. The van der Waals surface area contributed by atoms with Gasteiger partial charge < -0.3 is 10.0 Å². The molecule has 0 unspecified atom stereocenters. The molecule has 2 rings (SSSR count). The molecule has 1 aliphatic rings. The van der Waals surface area contributed by atoms with Crippen molar-refractivity contribution in [3.8, 4) is 0 Å². The molecule has 1 amide bonds. The average Bonchev–Trinajstić information content (AvgIpc) is 2.61. The molecule has 16 heavy (non-hydrogen) atoms. The van der Waals surface area contributed by atoms with Gasteiger partial charge in [0, 0.05) is 13.0 Å². The molecule has 86 valence electrons. The van der Waals surface area contributed by atoms with Gasteiger partial charge in [0.25, 0.3) is 0 Å². The maximum atomic E-state index is 11.8. The van der Waals surface area contributed by atoms with Crippen LogP contribution < -0.4 is 0 Å². The van der Waals surface area contributed by atoms with E-state index in [2.05, 4.69) is 6.92 Å². The summed E-state index contributed by atoms with van der Waals surface area (Å²) in [6, 6.07) is 9.53. The Bertz CT molecular complexity index is 363. The van der Waals surface area contributed by atoms with Crippen molar-refractivity contribution >= 4 is 5.91 Å². The van der Waals surface area contributed by atoms with Crippen molar-refractivity contribution in [1.29, 1.82) is 0 Å². The number of hydrogen-bond donors (Lipinski definition) is 1. The molecule has 2 atom stereocenters. The lowest BCUT2D eigenvalue weighted by Crippen LogP contribution is -2.32. The van der Waals surface area contributed by atoms with Gasteiger partial charge in [-0.15, -0.1) is 0 Å². The Labute approximate surface area is 95.7 Å². The van der Waals surface area contributed by atoms with Gasteiger partial charge in [-0.1, -0.05) is 37.3 Å². The van der Waals surface area contributed by atoms with Crippen molar-refractivity contribution in [3.63, 3.8) is 0 Å². The molecule has 3 heteroatoms. The third kappa shape index (κ3) is 2.09. The van der Waals surface area contributed by atoms with E-state index in [9.17, 15) is 9.90 Å². The molecule has 1 aromatic rings. The average molecular weight is 219 g/mol. The first-order chi connectivity index (χ1) is 7.72. The van der Waals surface area contributed by atoms with Crippen LogP contribution in [-0.2, 0) is 4.79 Å². The molecule has 0 bridgehead atoms. The Morgan fingerprint density at radius 2 is 2.12 bits per heavy atom. The van der Waals surface area contributed by atoms with Gasteiger partial charge in [0.2, 0.25) is 5.91 Å². The predicted octanol–water partition coefficient (Wildman–Crippen LogP) is 1.59. The lowest BCUT2D eigenvalue weighted by atomic mass is 10.1. The highest BCUT2D eigenvalue weighted by molar-refractivity contribution is 5.79. The van der Waals surface area contributed by atoms with Crippen LogP contribution in [0.1, 0.15) is 24.9 Å². The molecule has 1 fully saturated rings. The molecule has 0 radical (unpaired) electrons. The molecule has 1 saturated heterocycles. The number of aliphatic hydroxyl groups excluding tert-OH is 1. The van der Waals surface area contributed by atoms with E-state index in [4.69, 9.17) is 0 Å². The highest BCUT2D eigenvalue weighted by Gasteiger charge is 2.32. The number of carbonyl (C=O) groups is 1. The second-order valence-corrected chi connectivity index (χ2v) is 4.46. The molecular weight excluding hydrogens is 202 g/mol. The van der Waals surface area contributed by atoms with Crippen LogP contribution >= 0.6 is 0 Å². The van der Waals surface area contributed by atoms with Gasteiger partial charge in [0.05, 0.1) is 12.6 Å². The fraction of sp³-hybridized carbons (Fsp3) is 0.462. The van der Waals surface area contributed by atoms with Crippen molar-refractivity contribution in [3.05, 3.63) is 35.9 Å². The molecule has 0 saturated carbocycles. The van der Waals surface area contributed by atoms with Gasteiger partial charge in [0.1, 0.15) is 0 Å². The fourth-order valence-corrected chi connectivity index (χ4v) is 2.28. The Kier molecular flexibility index (Phi) is 3.25. The monoisotopic (exact) mass is 219 g/mol. The van der Waals surface area contributed by atoms with Gasteiger partial charge in [-0.3, -0.25) is 4.79 Å². The largest absolute Gasteiger partial charge is 0.394 e. The van der Waals surface area contributed by atoms with Crippen LogP contribution in [0.3, 0.4) is 0 Å². The van der Waals surface area contributed by atoms with Crippen LogP contribution in [0.2, 0.25) is 0 Å². The summed E-state index contributed by atoms with van der Waals surface area (Å²) in [5.74, 6) is 0.542. The van der Waals surface area contributed by atoms with E-state index in [1.54, 1.807) is 4.90 Å². The molecular formula is C13H17NO2. The van der Waals surface area contributed by atoms with Crippen molar-refractivity contribution in [2.45, 2.75) is 19.4 Å². The zero-order chi connectivity index (χ0) is 11.5. The second-order valence-electron chi connectivity index (χ2n) is 4.46. The van der Waals surface area contributed by atoms with E-state index in [1.165, 1.54) is 0 Å². The number of hydrogen-bond acceptors (Lipinski definition) is 2. The van der Waals surface area contributed by atoms with E-state index < -0.39 is 0 Å². The normalized spacial score (nSPS) is 22.5. The van der Waals surface area contributed by atoms with Crippen molar-refractivity contribution in [2.24, 2.45) is 5.92 Å². The molecule has 0 aromatic heterocycles. The molecule has 1 aromatic carbocycles. The second kappa shape index (κ2) is 4.66. The lowest BCUT2D eigenvalue weighted by Gasteiger charge is -2.26. The van der Waals surface area contributed by atoms with E-state index in [0.717, 1.165) is 12.1 Å². The van der Waals surface area contributed by atoms with Crippen LogP contribution in [0, 0.1) is 5.92 Å². The minimum Gasteiger partial charge on any atom is -0.394 e. The van der Waals surface area contributed by atoms with Gasteiger partial charge >= 0.3 is 0 Å². The highest BCUT2D eigenvalue weighted by Crippen LogP contribution is 2.27. The van der Waals surface area contributed by atoms with Crippen LogP contribution in [0.15, 0.2) is 30.3 Å². The summed E-state index contributed by atoms with van der Waals surface area (Å²) in [7, 11) is 0. The molecule has 3 nitrogen and oxygen atoms in total. The quantitative estimate of drug-likeness (QED) is 0.838. The maximum Gasteiger partial charge on any atom is 0.223 e. The number of nitrogens with zero attached hydrogens (tertiary/aromatic N) is 1. The van der Waals surface area contributed by atoms with E-state index in [1.807, 2.05) is 30.3 Å². The summed E-state index contributed by atoms with van der Waals surface area (Å²) in [6.45, 7) is 2.80. The number of carbonyl (C=O) groups excluding carboxylic acids is 1. The topological polar surface area (TPSA) is 40.5 Å². The first-order valence-corrected chi connectivity index (χ1v) is 5.67. The third-order valence-electron chi connectivity index (χ3n) is 3.09. The Balaban J connectivity index is 2.20. The number of aliphatic hydroxyl groups is 1. The van der Waals surface area contributed by atoms with E-state index >= 15 is 0 Å². The molecule has 1 aliphatic heterocycles. The third-order valence-corrected chi connectivity index (χ3v) is 3.09. The number of amides is 1. The lowest BCUT2D eigenvalue weighted by molar-refractivity contribution is -0.130. The first-order valence-electron chi connectivity index (χ1n) is 5.67. The summed E-state index contributed by atoms with van der Waals surface area (Å²) in [6.07, 6.45) is 0.601. The molecule has 0 spiro atoms. The van der Waals surface area contributed by atoms with Gasteiger partial charge in [-0.05, 0) is 11.5 Å². The Morgan fingerprint density at radius 1 is 1.44 bits per heavy atom. The van der Waals surface area contributed by atoms with Crippen LogP contribution in [0.4, 0.5) is 0 Å². The molecule has 0 aliphatic carbocycles. The summed E-state index contributed by atoms with van der Waals surface area (Å²) in [5.41, 5.74) is 1.01. The van der Waals surface area contributed by atoms with E-state index in [-0.39, 0.29) is 18.6 Å². The van der Waals surface area contributed by atoms with E-state index in [0.29, 0.717) is 12.3 Å². The number of benzene rings is 1.